The number of carbonyl (C=O) groups excluding carboxylic acids is 2. The minimum absolute atomic E-state index is 0. The molecule has 3 fully saturated rings. The van der Waals surface area contributed by atoms with Crippen LogP contribution in [0.2, 0.25) is 46.0 Å². The molecule has 4 aromatic carbocycles. The minimum atomic E-state index is -1.04. The summed E-state index contributed by atoms with van der Waals surface area (Å²) in [7, 11) is -1.04. The van der Waals surface area contributed by atoms with Crippen LogP contribution in [0.4, 0.5) is 0 Å². The summed E-state index contributed by atoms with van der Waals surface area (Å²) < 4.78 is 18.1. The summed E-state index contributed by atoms with van der Waals surface area (Å²) in [5.41, 5.74) is 2.98. The minimum Gasteiger partial charge on any atom is -0.544 e. The number of halogens is 11. The first kappa shape index (κ1) is 55.2. The smallest absolute Gasteiger partial charge is 0.544 e. The number of benzene rings is 4. The summed E-state index contributed by atoms with van der Waals surface area (Å²) in [6, 6.07) is 15.7. The van der Waals surface area contributed by atoms with Gasteiger partial charge in [-0.05, 0) is 96.9 Å². The molecule has 0 bridgehead atoms. The van der Waals surface area contributed by atoms with Crippen molar-refractivity contribution in [2.45, 2.75) is 56.2 Å². The Morgan fingerprint density at radius 2 is 1.07 bits per heavy atom. The third-order valence-electron chi connectivity index (χ3n) is 7.78. The third-order valence-corrected chi connectivity index (χ3v) is 12.1. The average Bonchev–Trinajstić information content (AvgIpc) is 3.97. The number of carboxylic acid groups (broad SMARTS) is 1. The zero-order valence-corrected chi connectivity index (χ0v) is 41.4. The second-order valence-corrected chi connectivity index (χ2v) is 17.0. The van der Waals surface area contributed by atoms with Gasteiger partial charge < -0.3 is 24.5 Å². The number of aldehydes is 2. The van der Waals surface area contributed by atoms with Crippen LogP contribution in [0.15, 0.2) is 63.5 Å². The Morgan fingerprint density at radius 1 is 0.649 bits per heavy atom. The maximum atomic E-state index is 11.0. The molecule has 3 N–H and O–H groups in total. The quantitative estimate of drug-likeness (QED) is 0.0983. The molecule has 3 aliphatic rings. The Bertz CT molecular complexity index is 1970. The van der Waals surface area contributed by atoms with Gasteiger partial charge in [0.1, 0.15) is 0 Å². The van der Waals surface area contributed by atoms with Crippen LogP contribution < -0.4 is 38.9 Å². The summed E-state index contributed by atoms with van der Waals surface area (Å²) in [6.45, 7) is 0. The maximum absolute atomic E-state index is 11.0. The molecule has 21 heteroatoms. The van der Waals surface area contributed by atoms with E-state index in [0.29, 0.717) is 63.9 Å². The van der Waals surface area contributed by atoms with E-state index < -0.39 is 24.4 Å². The summed E-state index contributed by atoms with van der Waals surface area (Å²) >= 11 is 52.0. The second-order valence-electron chi connectivity index (χ2n) is 11.9. The van der Waals surface area contributed by atoms with Crippen LogP contribution in [-0.2, 0) is 0 Å². The molecule has 0 aromatic heterocycles. The predicted molar refractivity (Wildman–Crippen MR) is 226 cm³/mol. The number of hydrogen-bond donors (Lipinski definition) is 3. The Hall–Kier alpha value is 0.165. The molecule has 0 atom stereocenters. The standard InChI is InChI=1S/C10H8Cl2O2.C10H8Cl2O.C7H3BrCl2O.C6H3BrCl2.C3H7BO2.ClO2.Na/c11-7-4-3-6(5-1-2-5)8(9(7)12)10(13)14;11-9-4-3-7(6-1-2-6)8(5-13)10(9)12;8-5-1-2-6(9)7(10)4(5)3-11;7-4-1-2-5(8)6(9)3-4;5-4(6)3-1-2-3;2-1-3;/h3-5H,1-2H2,(H,13,14);3-6H,1-2H2;1-3H;1-3H;3,5-6H,1-2H2;;/q;;;;;-1;+1. The Labute approximate surface area is 413 Å². The number of carbonyl (C=O) groups is 3. The van der Waals surface area contributed by atoms with Crippen LogP contribution in [0.5, 0.6) is 0 Å². The van der Waals surface area contributed by atoms with Crippen LogP contribution in [0, 0.1) is 11.3 Å². The first-order chi connectivity index (χ1) is 26.4. The van der Waals surface area contributed by atoms with Crippen molar-refractivity contribution in [1.29, 1.82) is 0 Å². The van der Waals surface area contributed by atoms with E-state index in [-0.39, 0.29) is 51.0 Å². The van der Waals surface area contributed by atoms with Crippen LogP contribution in [0.1, 0.15) is 92.6 Å². The van der Waals surface area contributed by atoms with Crippen LogP contribution in [0.3, 0.4) is 0 Å². The van der Waals surface area contributed by atoms with Gasteiger partial charge in [0.2, 0.25) is 0 Å². The van der Waals surface area contributed by atoms with Crippen molar-refractivity contribution in [2.75, 3.05) is 0 Å². The summed E-state index contributed by atoms with van der Waals surface area (Å²) in [5, 5.41) is 28.6. The topological polar surface area (TPSA) is 158 Å². The van der Waals surface area contributed by atoms with Crippen molar-refractivity contribution in [3.63, 3.8) is 0 Å². The molecule has 0 spiro atoms. The molecule has 3 saturated carbocycles. The van der Waals surface area contributed by atoms with E-state index in [0.717, 1.165) is 60.4 Å². The van der Waals surface area contributed by atoms with Crippen molar-refractivity contribution in [1.82, 2.24) is 0 Å². The molecule has 0 aliphatic heterocycles. The normalized spacial score (nSPS) is 13.4. The molecule has 0 heterocycles. The maximum Gasteiger partial charge on any atom is 1.00 e. The summed E-state index contributed by atoms with van der Waals surface area (Å²) in [4.78, 5) is 32.2. The SMILES string of the molecule is Clc1ccc(Br)cc1Cl.O=C(O)c1c(C2CC2)ccc(Cl)c1Cl.O=Cc1c(Br)ccc(Cl)c1Cl.O=Cc1c(C2CC2)ccc(Cl)c1Cl.OB(O)C1CC1.[Na+].[O-][Cl+][O-]. The first-order valence-corrected chi connectivity index (χ1v) is 21.2. The number of aromatic carboxylic acids is 1. The number of carboxylic acids is 1. The van der Waals surface area contributed by atoms with Gasteiger partial charge in [-0.2, -0.15) is 0 Å². The number of rotatable bonds is 6. The molecule has 0 amide bonds. The van der Waals surface area contributed by atoms with Gasteiger partial charge >= 0.3 is 42.6 Å². The van der Waals surface area contributed by atoms with Gasteiger partial charge in [0.25, 0.3) is 0 Å². The van der Waals surface area contributed by atoms with Crippen LogP contribution >= 0.6 is 125 Å². The van der Waals surface area contributed by atoms with Crippen molar-refractivity contribution in [3.05, 3.63) is 132 Å². The predicted octanol–water partition coefficient (Wildman–Crippen LogP) is 8.83. The van der Waals surface area contributed by atoms with Crippen molar-refractivity contribution < 1.29 is 79.7 Å². The van der Waals surface area contributed by atoms with E-state index in [2.05, 4.69) is 31.9 Å². The fourth-order valence-electron chi connectivity index (χ4n) is 4.48. The van der Waals surface area contributed by atoms with Gasteiger partial charge in [0.15, 0.2) is 12.6 Å². The number of hydrogen-bond acceptors (Lipinski definition) is 7. The molecular formula is C36H29BBr2Cl9NaO8. The zero-order chi connectivity index (χ0) is 42.3. The van der Waals surface area contributed by atoms with Crippen LogP contribution in [0.25, 0.3) is 0 Å². The van der Waals surface area contributed by atoms with Gasteiger partial charge in [-0.15, -0.1) is 0 Å². The molecule has 0 saturated heterocycles. The van der Waals surface area contributed by atoms with Gasteiger partial charge in [0, 0.05) is 20.1 Å². The van der Waals surface area contributed by atoms with Crippen molar-refractivity contribution in [2.24, 2.45) is 0 Å². The Balaban J connectivity index is 0.000000356. The van der Waals surface area contributed by atoms with E-state index in [1.54, 1.807) is 42.5 Å². The molecule has 0 radical (unpaired) electrons. The van der Waals surface area contributed by atoms with E-state index in [4.69, 9.17) is 117 Å². The third kappa shape index (κ3) is 19.0. The summed E-state index contributed by atoms with van der Waals surface area (Å²) in [6.07, 6.45) is 7.84. The van der Waals surface area contributed by atoms with E-state index in [1.807, 2.05) is 12.1 Å². The molecule has 3 aliphatic carbocycles. The molecule has 7 rings (SSSR count). The van der Waals surface area contributed by atoms with E-state index in [1.165, 1.54) is 0 Å². The molecule has 0 unspecified atom stereocenters. The Morgan fingerprint density at radius 3 is 1.44 bits per heavy atom. The molecular weight excluding hydrogens is 1070 g/mol. The van der Waals surface area contributed by atoms with Gasteiger partial charge in [-0.1, -0.05) is 150 Å². The first-order valence-electron chi connectivity index (χ1n) is 16.0. The monoisotopic (exact) mass is 1100 g/mol. The van der Waals surface area contributed by atoms with E-state index in [9.17, 15) is 14.4 Å². The largest absolute Gasteiger partial charge is 1.00 e. The fraction of sp³-hybridized carbons (Fsp3) is 0.250. The van der Waals surface area contributed by atoms with Crippen LogP contribution in [-0.4, -0.2) is 40.8 Å². The molecule has 8 nitrogen and oxygen atoms in total. The summed E-state index contributed by atoms with van der Waals surface area (Å²) in [5.74, 6) is 0.0928. The molecule has 4 aromatic rings. The van der Waals surface area contributed by atoms with Gasteiger partial charge in [-0.25, -0.2) is 4.79 Å². The van der Waals surface area contributed by atoms with Gasteiger partial charge in [0.05, 0.1) is 57.1 Å². The Kier molecular flexibility index (Phi) is 27.1. The zero-order valence-electron chi connectivity index (χ0n) is 29.4. The van der Waals surface area contributed by atoms with E-state index >= 15 is 0 Å². The molecule has 302 valence electrons. The van der Waals surface area contributed by atoms with Crippen molar-refractivity contribution in [3.8, 4) is 0 Å². The second kappa shape index (κ2) is 28.0. The molecule has 57 heavy (non-hydrogen) atoms. The average molecular weight is 1100 g/mol. The van der Waals surface area contributed by atoms with Crippen molar-refractivity contribution >= 4 is 150 Å². The van der Waals surface area contributed by atoms with Gasteiger partial charge in [-0.3, -0.25) is 9.59 Å². The fourth-order valence-corrected chi connectivity index (χ4v) is 6.98.